The fourth-order valence-corrected chi connectivity index (χ4v) is 2.97. The molecule has 1 N–H and O–H groups in total. The average Bonchev–Trinajstić information content (AvgIpc) is 3.17. The molecule has 24 heavy (non-hydrogen) atoms. The van der Waals surface area contributed by atoms with Gasteiger partial charge in [-0.3, -0.25) is 4.79 Å². The fraction of sp³-hybridized carbons (Fsp3) is 0.389. The Morgan fingerprint density at radius 3 is 2.75 bits per heavy atom. The van der Waals surface area contributed by atoms with Gasteiger partial charge in [0, 0.05) is 17.8 Å². The number of carbonyl (C=O) groups excluding carboxylic acids is 2. The van der Waals surface area contributed by atoms with E-state index in [2.05, 4.69) is 10.4 Å². The molecule has 1 aliphatic rings. The number of carbonyl (C=O) groups is 2. The Balaban J connectivity index is 1.87. The molecule has 0 bridgehead atoms. The monoisotopic (exact) mass is 327 g/mol. The van der Waals surface area contributed by atoms with Crippen LogP contribution in [0.5, 0.6) is 0 Å². The molecule has 0 spiro atoms. The third-order valence-corrected chi connectivity index (χ3v) is 4.13. The minimum atomic E-state index is -0.837. The minimum absolute atomic E-state index is 0.301. The molecule has 126 valence electrons. The zero-order valence-corrected chi connectivity index (χ0v) is 13.9. The summed E-state index contributed by atoms with van der Waals surface area (Å²) in [6.45, 7) is 3.89. The van der Waals surface area contributed by atoms with Crippen molar-refractivity contribution in [3.8, 4) is 5.69 Å². The van der Waals surface area contributed by atoms with E-state index in [-0.39, 0.29) is 5.91 Å². The zero-order valence-electron chi connectivity index (χ0n) is 13.9. The highest BCUT2D eigenvalue weighted by molar-refractivity contribution is 5.92. The van der Waals surface area contributed by atoms with Crippen LogP contribution in [0.3, 0.4) is 0 Å². The van der Waals surface area contributed by atoms with Gasteiger partial charge in [-0.2, -0.15) is 5.10 Å². The van der Waals surface area contributed by atoms with E-state index in [4.69, 9.17) is 4.74 Å². The van der Waals surface area contributed by atoms with Crippen molar-refractivity contribution < 1.29 is 14.3 Å². The Kier molecular flexibility index (Phi) is 4.64. The average molecular weight is 327 g/mol. The largest absolute Gasteiger partial charge is 0.448 e. The highest BCUT2D eigenvalue weighted by Gasteiger charge is 2.29. The van der Waals surface area contributed by atoms with E-state index in [0.29, 0.717) is 12.2 Å². The van der Waals surface area contributed by atoms with E-state index in [1.807, 2.05) is 41.9 Å². The molecular weight excluding hydrogens is 306 g/mol. The summed E-state index contributed by atoms with van der Waals surface area (Å²) in [5.41, 5.74) is 3.24. The number of hydrogen-bond donors (Lipinski definition) is 1. The predicted molar refractivity (Wildman–Crippen MR) is 89.2 cm³/mol. The quantitative estimate of drug-likeness (QED) is 0.853. The van der Waals surface area contributed by atoms with Crippen molar-refractivity contribution in [2.45, 2.75) is 39.2 Å². The summed E-state index contributed by atoms with van der Waals surface area (Å²) in [6, 6.07) is 9.73. The van der Waals surface area contributed by atoms with Gasteiger partial charge in [-0.05, 0) is 45.2 Å². The molecule has 6 heteroatoms. The number of hydrogen-bond acceptors (Lipinski definition) is 4. The first-order valence-corrected chi connectivity index (χ1v) is 8.26. The van der Waals surface area contributed by atoms with E-state index in [1.165, 1.54) is 0 Å². The topological polar surface area (TPSA) is 73.2 Å². The van der Waals surface area contributed by atoms with E-state index < -0.39 is 12.1 Å². The molecule has 6 nitrogen and oxygen atoms in total. The lowest BCUT2D eigenvalue weighted by Crippen LogP contribution is -2.35. The Bertz CT molecular complexity index is 752. The van der Waals surface area contributed by atoms with Crippen LogP contribution in [0.4, 0.5) is 0 Å². The van der Waals surface area contributed by atoms with Gasteiger partial charge >= 0.3 is 5.97 Å². The summed E-state index contributed by atoms with van der Waals surface area (Å²) in [5.74, 6) is -0.841. The molecule has 1 heterocycles. The molecule has 1 atom stereocenters. The molecule has 1 aromatic carbocycles. The van der Waals surface area contributed by atoms with Crippen LogP contribution >= 0.6 is 0 Å². The van der Waals surface area contributed by atoms with Crippen molar-refractivity contribution in [3.05, 3.63) is 47.3 Å². The predicted octanol–water partition coefficient (Wildman–Crippen LogP) is 2.04. The number of rotatable bonds is 5. The molecule has 0 fully saturated rings. The highest BCUT2D eigenvalue weighted by atomic mass is 16.5. The van der Waals surface area contributed by atoms with Gasteiger partial charge in [0.15, 0.2) is 11.8 Å². The normalized spacial score (nSPS) is 14.1. The molecule has 0 radical (unpaired) electrons. The maximum Gasteiger partial charge on any atom is 0.359 e. The molecule has 1 aliphatic carbocycles. The first kappa shape index (κ1) is 16.2. The number of aromatic nitrogens is 2. The van der Waals surface area contributed by atoms with Crippen molar-refractivity contribution in [3.63, 3.8) is 0 Å². The maximum atomic E-state index is 12.5. The first-order chi connectivity index (χ1) is 11.6. The van der Waals surface area contributed by atoms with Crippen LogP contribution < -0.4 is 5.32 Å². The van der Waals surface area contributed by atoms with E-state index in [1.54, 1.807) is 6.92 Å². The Morgan fingerprint density at radius 2 is 2.04 bits per heavy atom. The van der Waals surface area contributed by atoms with Gasteiger partial charge in [0.1, 0.15) is 0 Å². The lowest BCUT2D eigenvalue weighted by molar-refractivity contribution is -0.128. The molecule has 1 aromatic heterocycles. The van der Waals surface area contributed by atoms with Crippen LogP contribution in [0, 0.1) is 0 Å². The summed E-state index contributed by atoms with van der Waals surface area (Å²) in [4.78, 5) is 24.2. The molecule has 3 rings (SSSR count). The van der Waals surface area contributed by atoms with Gasteiger partial charge in [-0.15, -0.1) is 0 Å². The highest BCUT2D eigenvalue weighted by Crippen LogP contribution is 2.28. The summed E-state index contributed by atoms with van der Waals surface area (Å²) < 4.78 is 7.11. The van der Waals surface area contributed by atoms with E-state index in [9.17, 15) is 9.59 Å². The second kappa shape index (κ2) is 6.86. The number of fused-ring (bicyclic) bond motifs is 1. The molecular formula is C18H21N3O3. The van der Waals surface area contributed by atoms with Gasteiger partial charge < -0.3 is 10.1 Å². The third-order valence-electron chi connectivity index (χ3n) is 4.13. The second-order valence-corrected chi connectivity index (χ2v) is 5.82. The van der Waals surface area contributed by atoms with Crippen molar-refractivity contribution in [2.24, 2.45) is 0 Å². The fourth-order valence-electron chi connectivity index (χ4n) is 2.97. The number of ether oxygens (including phenoxy) is 1. The van der Waals surface area contributed by atoms with Crippen LogP contribution in [-0.4, -0.2) is 34.3 Å². The number of nitrogens with zero attached hydrogens (tertiary/aromatic N) is 2. The van der Waals surface area contributed by atoms with Gasteiger partial charge in [0.25, 0.3) is 5.91 Å². The van der Waals surface area contributed by atoms with Crippen LogP contribution in [0.2, 0.25) is 0 Å². The number of likely N-dealkylation sites (N-methyl/N-ethyl adjacent to an activating group) is 1. The van der Waals surface area contributed by atoms with Gasteiger partial charge in [-0.25, -0.2) is 9.48 Å². The number of nitrogens with one attached hydrogen (secondary N) is 1. The number of amides is 1. The molecule has 0 aliphatic heterocycles. The summed E-state index contributed by atoms with van der Waals surface area (Å²) >= 11 is 0. The Hall–Kier alpha value is -2.63. The molecule has 0 saturated carbocycles. The summed E-state index contributed by atoms with van der Waals surface area (Å²) in [6.07, 6.45) is 1.85. The standard InChI is InChI=1S/C18H21N3O3/c1-3-19-17(22)12(2)24-18(23)16-14-10-7-11-15(14)21(20-16)13-8-5-4-6-9-13/h4-6,8-9,12H,3,7,10-11H2,1-2H3,(H,19,22)/t12-/m1/s1. The van der Waals surface area contributed by atoms with E-state index in [0.717, 1.165) is 36.2 Å². The van der Waals surface area contributed by atoms with Gasteiger partial charge in [0.05, 0.1) is 5.69 Å². The summed E-state index contributed by atoms with van der Waals surface area (Å²) in [7, 11) is 0. The Labute approximate surface area is 140 Å². The van der Waals surface area contributed by atoms with E-state index >= 15 is 0 Å². The van der Waals surface area contributed by atoms with Crippen LogP contribution in [-0.2, 0) is 22.4 Å². The lowest BCUT2D eigenvalue weighted by Gasteiger charge is -2.12. The second-order valence-electron chi connectivity index (χ2n) is 5.82. The zero-order chi connectivity index (χ0) is 17.1. The molecule has 2 aromatic rings. The molecule has 1 amide bonds. The third kappa shape index (κ3) is 3.04. The van der Waals surface area contributed by atoms with Gasteiger partial charge in [0.2, 0.25) is 0 Å². The van der Waals surface area contributed by atoms with Crippen molar-refractivity contribution in [1.82, 2.24) is 15.1 Å². The van der Waals surface area contributed by atoms with Crippen molar-refractivity contribution >= 4 is 11.9 Å². The Morgan fingerprint density at radius 1 is 1.29 bits per heavy atom. The molecule has 0 saturated heterocycles. The number of benzene rings is 1. The lowest BCUT2D eigenvalue weighted by atomic mass is 10.2. The van der Waals surface area contributed by atoms with Gasteiger partial charge in [-0.1, -0.05) is 18.2 Å². The summed E-state index contributed by atoms with van der Waals surface area (Å²) in [5, 5.41) is 7.11. The minimum Gasteiger partial charge on any atom is -0.448 e. The number of para-hydroxylation sites is 1. The first-order valence-electron chi connectivity index (χ1n) is 8.26. The van der Waals surface area contributed by atoms with Crippen LogP contribution in [0.1, 0.15) is 42.0 Å². The van der Waals surface area contributed by atoms with Crippen molar-refractivity contribution in [2.75, 3.05) is 6.54 Å². The van der Waals surface area contributed by atoms with Crippen LogP contribution in [0.15, 0.2) is 30.3 Å². The van der Waals surface area contributed by atoms with Crippen molar-refractivity contribution in [1.29, 1.82) is 0 Å². The maximum absolute atomic E-state index is 12.5. The molecule has 0 unspecified atom stereocenters. The smallest absolute Gasteiger partial charge is 0.359 e. The SMILES string of the molecule is CCNC(=O)[C@@H](C)OC(=O)c1nn(-c2ccccc2)c2c1CCC2. The number of esters is 1. The van der Waals surface area contributed by atoms with Crippen LogP contribution in [0.25, 0.3) is 5.69 Å².